The third-order valence-electron chi connectivity index (χ3n) is 6.37. The van der Waals surface area contributed by atoms with Gasteiger partial charge in [0, 0.05) is 21.9 Å². The normalized spacial score (nSPS) is 11.8. The minimum atomic E-state index is -4.14. The van der Waals surface area contributed by atoms with Crippen molar-refractivity contribution in [3.8, 4) is 22.6 Å². The summed E-state index contributed by atoms with van der Waals surface area (Å²) >= 11 is 0. The number of hydrogen-bond acceptors (Lipinski definition) is 5. The second kappa shape index (κ2) is 9.61. The van der Waals surface area contributed by atoms with Gasteiger partial charge in [0.1, 0.15) is 16.4 Å². The Hall–Kier alpha value is -4.75. The van der Waals surface area contributed by atoms with Crippen LogP contribution in [0.5, 0.6) is 11.5 Å². The summed E-state index contributed by atoms with van der Waals surface area (Å²) in [4.78, 5) is -0.0759. The molecule has 0 heterocycles. The predicted octanol–water partition coefficient (Wildman–Crippen LogP) is 7.04. The monoisotopic (exact) mass is 522 g/mol. The molecule has 190 valence electrons. The number of para-hydroxylation sites is 1. The van der Waals surface area contributed by atoms with E-state index in [9.17, 15) is 18.6 Å². The molecule has 0 bridgehead atoms. The van der Waals surface area contributed by atoms with Gasteiger partial charge in [-0.1, -0.05) is 91.0 Å². The maximum Gasteiger partial charge on any atom is 0.263 e. The predicted molar refractivity (Wildman–Crippen MR) is 156 cm³/mol. The summed E-state index contributed by atoms with van der Waals surface area (Å²) in [7, 11) is -4.14. The zero-order chi connectivity index (χ0) is 27.0. The lowest BCUT2D eigenvalue weighted by molar-refractivity contribution is 0.472. The largest absolute Gasteiger partial charge is 0.507 e. The molecule has 0 saturated carbocycles. The van der Waals surface area contributed by atoms with E-state index in [-0.39, 0.29) is 27.8 Å². The van der Waals surface area contributed by atoms with Gasteiger partial charge in [-0.2, -0.15) is 0 Å². The molecule has 5 aromatic carbocycles. The fraction of sp³-hybridized carbons (Fsp3) is 0.0323. The third-order valence-corrected chi connectivity index (χ3v) is 7.80. The van der Waals surface area contributed by atoms with Crippen LogP contribution in [0.2, 0.25) is 0 Å². The second-order valence-electron chi connectivity index (χ2n) is 9.09. The Morgan fingerprint density at radius 2 is 1.58 bits per heavy atom. The number of aromatic hydroxyl groups is 2. The van der Waals surface area contributed by atoms with Crippen molar-refractivity contribution in [3.05, 3.63) is 109 Å². The summed E-state index contributed by atoms with van der Waals surface area (Å²) in [5.41, 5.74) is 8.66. The van der Waals surface area contributed by atoms with Crippen molar-refractivity contribution in [2.24, 2.45) is 0 Å². The van der Waals surface area contributed by atoms with Gasteiger partial charge in [0.05, 0.1) is 11.4 Å². The molecule has 0 radical (unpaired) electrons. The van der Waals surface area contributed by atoms with Crippen LogP contribution in [0.25, 0.3) is 38.7 Å². The molecule has 7 heteroatoms. The molecule has 0 atom stereocenters. The van der Waals surface area contributed by atoms with Crippen LogP contribution in [-0.2, 0) is 10.0 Å². The first-order valence-corrected chi connectivity index (χ1v) is 13.4. The number of phenols is 2. The molecule has 0 aromatic heterocycles. The number of fused-ring (bicyclic) bond motifs is 2. The van der Waals surface area contributed by atoms with Gasteiger partial charge in [-0.05, 0) is 41.5 Å². The van der Waals surface area contributed by atoms with E-state index in [0.717, 1.165) is 11.0 Å². The fourth-order valence-corrected chi connectivity index (χ4v) is 5.78. The van der Waals surface area contributed by atoms with Crippen molar-refractivity contribution in [3.63, 3.8) is 0 Å². The Kier molecular flexibility index (Phi) is 6.30. The first-order valence-electron chi connectivity index (χ1n) is 11.9. The van der Waals surface area contributed by atoms with E-state index in [1.807, 2.05) is 31.2 Å². The lowest BCUT2D eigenvalue weighted by Gasteiger charge is -2.18. The number of rotatable bonds is 6. The Morgan fingerprint density at radius 1 is 0.895 bits per heavy atom. The van der Waals surface area contributed by atoms with Crippen LogP contribution in [-0.4, -0.2) is 18.6 Å². The van der Waals surface area contributed by atoms with Crippen molar-refractivity contribution >= 4 is 49.0 Å². The SMILES string of the molecule is C=C(C)/C=C\c1cccc(S(=O)(=O)Nc2cc(-c3c(O)ccc4ccccc34)c(O)c3ccccc23)c1N. The topological polar surface area (TPSA) is 113 Å². The Morgan fingerprint density at radius 3 is 2.32 bits per heavy atom. The molecular weight excluding hydrogens is 496 g/mol. The van der Waals surface area contributed by atoms with Crippen LogP contribution in [0.4, 0.5) is 11.4 Å². The highest BCUT2D eigenvalue weighted by Gasteiger charge is 2.23. The number of anilines is 2. The van der Waals surface area contributed by atoms with Crippen LogP contribution >= 0.6 is 0 Å². The quantitative estimate of drug-likeness (QED) is 0.108. The molecule has 0 spiro atoms. The summed E-state index contributed by atoms with van der Waals surface area (Å²) < 4.78 is 29.9. The van der Waals surface area contributed by atoms with Crippen molar-refractivity contribution < 1.29 is 18.6 Å². The lowest BCUT2D eigenvalue weighted by Crippen LogP contribution is -2.15. The molecule has 6 nitrogen and oxygen atoms in total. The minimum Gasteiger partial charge on any atom is -0.507 e. The smallest absolute Gasteiger partial charge is 0.263 e. The van der Waals surface area contributed by atoms with Gasteiger partial charge in [0.25, 0.3) is 10.0 Å². The van der Waals surface area contributed by atoms with E-state index in [1.54, 1.807) is 60.7 Å². The van der Waals surface area contributed by atoms with Crippen molar-refractivity contribution in [2.75, 3.05) is 10.5 Å². The van der Waals surface area contributed by atoms with Crippen LogP contribution in [0.3, 0.4) is 0 Å². The second-order valence-corrected chi connectivity index (χ2v) is 10.7. The zero-order valence-corrected chi connectivity index (χ0v) is 21.5. The molecule has 5 N–H and O–H groups in total. The number of phenolic OH excluding ortho intramolecular Hbond substituents is 2. The maximum absolute atomic E-state index is 13.6. The van der Waals surface area contributed by atoms with Crippen LogP contribution < -0.4 is 10.5 Å². The lowest BCUT2D eigenvalue weighted by atomic mass is 9.93. The van der Waals surface area contributed by atoms with Crippen molar-refractivity contribution in [2.45, 2.75) is 11.8 Å². The maximum atomic E-state index is 13.6. The van der Waals surface area contributed by atoms with Crippen LogP contribution in [0, 0.1) is 0 Å². The average molecular weight is 523 g/mol. The molecule has 38 heavy (non-hydrogen) atoms. The van der Waals surface area contributed by atoms with Gasteiger partial charge in [-0.15, -0.1) is 0 Å². The van der Waals surface area contributed by atoms with E-state index in [4.69, 9.17) is 5.73 Å². The zero-order valence-electron chi connectivity index (χ0n) is 20.6. The molecule has 0 amide bonds. The van der Waals surface area contributed by atoms with E-state index in [1.165, 1.54) is 12.1 Å². The van der Waals surface area contributed by atoms with Gasteiger partial charge in [-0.3, -0.25) is 4.72 Å². The van der Waals surface area contributed by atoms with Gasteiger partial charge in [0.2, 0.25) is 0 Å². The number of hydrogen-bond donors (Lipinski definition) is 4. The number of benzene rings is 5. The number of nitrogens with one attached hydrogen (secondary N) is 1. The first kappa shape index (κ1) is 24.9. The highest BCUT2D eigenvalue weighted by molar-refractivity contribution is 7.93. The van der Waals surface area contributed by atoms with Gasteiger partial charge in [-0.25, -0.2) is 8.42 Å². The summed E-state index contributed by atoms with van der Waals surface area (Å²) in [6.07, 6.45) is 3.47. The summed E-state index contributed by atoms with van der Waals surface area (Å²) in [6.45, 7) is 5.65. The number of nitrogens with two attached hydrogens (primary N) is 1. The molecule has 0 aliphatic heterocycles. The molecule has 0 unspecified atom stereocenters. The highest BCUT2D eigenvalue weighted by atomic mass is 32.2. The van der Waals surface area contributed by atoms with Crippen molar-refractivity contribution in [1.82, 2.24) is 0 Å². The molecule has 5 rings (SSSR count). The summed E-state index contributed by atoms with van der Waals surface area (Å²) in [6, 6.07) is 24.1. The Labute approximate surface area is 221 Å². The Bertz CT molecular complexity index is 1880. The van der Waals surface area contributed by atoms with Crippen LogP contribution in [0.1, 0.15) is 12.5 Å². The van der Waals surface area contributed by atoms with Gasteiger partial charge < -0.3 is 15.9 Å². The van der Waals surface area contributed by atoms with E-state index in [0.29, 0.717) is 32.8 Å². The summed E-state index contributed by atoms with van der Waals surface area (Å²) in [5, 5.41) is 24.6. The number of allylic oxidation sites excluding steroid dienone is 2. The third kappa shape index (κ3) is 4.44. The van der Waals surface area contributed by atoms with E-state index < -0.39 is 10.0 Å². The summed E-state index contributed by atoms with van der Waals surface area (Å²) in [5.74, 6) is -0.106. The molecule has 0 fully saturated rings. The number of sulfonamides is 1. The number of nitrogen functional groups attached to an aromatic ring is 1. The standard InChI is InChI=1S/C31H26N2O4S/c1-19(2)14-15-21-9-7-13-28(30(21)32)38(36,37)33-26-18-25(31(35)24-12-6-5-11-23(24)26)29-22-10-4-3-8-20(22)16-17-27(29)34/h3-18,33-35H,1,32H2,2H3/b15-14-. The Balaban J connectivity index is 1.71. The molecule has 0 aliphatic carbocycles. The van der Waals surface area contributed by atoms with Crippen molar-refractivity contribution in [1.29, 1.82) is 0 Å². The van der Waals surface area contributed by atoms with E-state index >= 15 is 0 Å². The van der Waals surface area contributed by atoms with Crippen LogP contribution in [0.15, 0.2) is 108 Å². The minimum absolute atomic E-state index is 0.0377. The van der Waals surface area contributed by atoms with Gasteiger partial charge >= 0.3 is 0 Å². The average Bonchev–Trinajstić information content (AvgIpc) is 2.90. The van der Waals surface area contributed by atoms with Gasteiger partial charge in [0.15, 0.2) is 0 Å². The molecule has 0 aliphatic rings. The molecular formula is C31H26N2O4S. The highest BCUT2D eigenvalue weighted by Crippen LogP contribution is 2.46. The fourth-order valence-electron chi connectivity index (χ4n) is 4.55. The molecule has 5 aromatic rings. The molecule has 0 saturated heterocycles. The first-order chi connectivity index (χ1) is 18.2. The van der Waals surface area contributed by atoms with E-state index in [2.05, 4.69) is 11.3 Å².